The van der Waals surface area contributed by atoms with Gasteiger partial charge < -0.3 is 49.6 Å². The Morgan fingerprint density at radius 2 is 1.13 bits per heavy atom. The predicted molar refractivity (Wildman–Crippen MR) is 173 cm³/mol. The van der Waals surface area contributed by atoms with E-state index in [1.54, 1.807) is 7.05 Å². The minimum atomic E-state index is -6.00. The number of halogens is 8. The lowest BCUT2D eigenvalue weighted by atomic mass is 10.1. The monoisotopic (exact) mass is 670 g/mol. The number of nitrogens with zero attached hydrogens (tertiary/aromatic N) is 5. The van der Waals surface area contributed by atoms with Gasteiger partial charge in [-0.2, -0.15) is 4.40 Å². The third-order valence-electron chi connectivity index (χ3n) is 6.51. The van der Waals surface area contributed by atoms with Crippen LogP contribution in [0.4, 0.5) is 45.9 Å². The molecule has 0 aliphatic rings. The van der Waals surface area contributed by atoms with Crippen molar-refractivity contribution >= 4 is 61.7 Å². The van der Waals surface area contributed by atoms with Gasteiger partial charge >= 0.3 is 20.2 Å². The summed E-state index contributed by atoms with van der Waals surface area (Å²) >= 11 is 0. The molecule has 254 valence electrons. The molecule has 2 heterocycles. The van der Waals surface area contributed by atoms with E-state index in [-0.39, 0.29) is 5.91 Å². The summed E-state index contributed by atoms with van der Waals surface area (Å²) in [5, 5.41) is 2.78. The lowest BCUT2D eigenvalue weighted by molar-refractivity contribution is -0.680. The van der Waals surface area contributed by atoms with Gasteiger partial charge in [-0.1, -0.05) is 36.4 Å². The zero-order valence-corrected chi connectivity index (χ0v) is 26.9. The second-order valence-corrected chi connectivity index (χ2v) is 10.5. The number of carbonyl (C=O) groups is 1. The van der Waals surface area contributed by atoms with Crippen molar-refractivity contribution in [1.82, 2.24) is 9.72 Å². The first-order chi connectivity index (χ1) is 21.7. The quantitative estimate of drug-likeness (QED) is 0.149. The fourth-order valence-electron chi connectivity index (χ4n) is 4.31. The normalized spacial score (nSPS) is 11.6. The van der Waals surface area contributed by atoms with Crippen LogP contribution in [0.1, 0.15) is 33.0 Å². The molecule has 0 unspecified atom stereocenters. The van der Waals surface area contributed by atoms with E-state index in [0.29, 0.717) is 5.69 Å². The summed E-state index contributed by atoms with van der Waals surface area (Å²) < 4.78 is 84.0. The summed E-state index contributed by atoms with van der Waals surface area (Å²) in [6.45, 7) is 0. The molecular formula is C30H36B2F8N6O. The molecule has 0 spiro atoms. The Hall–Kier alpha value is -4.82. The molecule has 7 nitrogen and oxygen atoms in total. The van der Waals surface area contributed by atoms with Crippen LogP contribution in [0.3, 0.4) is 0 Å². The van der Waals surface area contributed by atoms with E-state index < -0.39 is 14.5 Å². The summed E-state index contributed by atoms with van der Waals surface area (Å²) in [6, 6.07) is 19.0. The van der Waals surface area contributed by atoms with Crippen LogP contribution >= 0.6 is 0 Å². The molecule has 4 rings (SSSR count). The minimum absolute atomic E-state index is 0.129. The molecule has 0 atom stereocenters. The number of amides is 1. The highest BCUT2D eigenvalue weighted by atomic mass is 19.5. The van der Waals surface area contributed by atoms with Gasteiger partial charge in [0.1, 0.15) is 11.4 Å². The first-order valence-corrected chi connectivity index (χ1v) is 14.0. The Bertz CT molecular complexity index is 1680. The first-order valence-electron chi connectivity index (χ1n) is 14.0. The molecule has 0 aliphatic heterocycles. The molecule has 4 aromatic rings. The number of aryl methyl sites for hydroxylation is 2. The van der Waals surface area contributed by atoms with E-state index in [1.165, 1.54) is 0 Å². The summed E-state index contributed by atoms with van der Waals surface area (Å²) in [5.74, 6) is -0.129. The van der Waals surface area contributed by atoms with Crippen molar-refractivity contribution in [2.75, 3.05) is 45.0 Å². The largest absolute Gasteiger partial charge is 0.673 e. The summed E-state index contributed by atoms with van der Waals surface area (Å²) in [4.78, 5) is 17.0. The van der Waals surface area contributed by atoms with Crippen molar-refractivity contribution in [1.29, 1.82) is 0 Å². The lowest BCUT2D eigenvalue weighted by Gasteiger charge is -2.11. The van der Waals surface area contributed by atoms with Crippen molar-refractivity contribution in [2.24, 2.45) is 14.1 Å². The molecule has 47 heavy (non-hydrogen) atoms. The number of hydrogen-bond donors (Lipinski definition) is 1. The van der Waals surface area contributed by atoms with E-state index in [0.717, 1.165) is 39.5 Å². The highest BCUT2D eigenvalue weighted by Crippen LogP contribution is 2.18. The SMILES string of the molecule is CNC(=O)c1c2n(c[n+]1C)c(/C=C/c1ccc(N(C)C)cc1)cc(/C=C/c1ccc(N(C)C)cc1)[n+]2C.F[B-](F)(F)F.F[B-](F)(F)F. The van der Waals surface area contributed by atoms with Crippen LogP contribution in [0.5, 0.6) is 0 Å². The Morgan fingerprint density at radius 1 is 0.723 bits per heavy atom. The number of benzene rings is 2. The lowest BCUT2D eigenvalue weighted by Crippen LogP contribution is -2.41. The number of imidazole rings is 1. The van der Waals surface area contributed by atoms with Gasteiger partial charge in [0.05, 0.1) is 14.1 Å². The topological polar surface area (TPSA) is 47.8 Å². The number of anilines is 2. The van der Waals surface area contributed by atoms with Gasteiger partial charge in [0.2, 0.25) is 0 Å². The second-order valence-electron chi connectivity index (χ2n) is 10.5. The zero-order chi connectivity index (χ0) is 35.7. The second kappa shape index (κ2) is 16.1. The minimum Gasteiger partial charge on any atom is -0.418 e. The molecule has 2 aromatic heterocycles. The maximum absolute atomic E-state index is 12.8. The van der Waals surface area contributed by atoms with Gasteiger partial charge in [-0.05, 0) is 47.5 Å². The number of hydrogen-bond acceptors (Lipinski definition) is 3. The van der Waals surface area contributed by atoms with Crippen LogP contribution in [-0.2, 0) is 14.1 Å². The molecule has 0 radical (unpaired) electrons. The van der Waals surface area contributed by atoms with Crippen LogP contribution in [-0.4, -0.2) is 60.1 Å². The van der Waals surface area contributed by atoms with Gasteiger partial charge in [-0.15, -0.1) is 0 Å². The Balaban J connectivity index is 0.000000670. The van der Waals surface area contributed by atoms with Crippen LogP contribution in [0.25, 0.3) is 30.0 Å². The summed E-state index contributed by atoms with van der Waals surface area (Å²) in [7, 11) is 1.68. The molecule has 1 amide bonds. The van der Waals surface area contributed by atoms with Crippen molar-refractivity contribution in [3.63, 3.8) is 0 Å². The van der Waals surface area contributed by atoms with Gasteiger partial charge in [0, 0.05) is 52.7 Å². The van der Waals surface area contributed by atoms with E-state index >= 15 is 0 Å². The molecule has 17 heteroatoms. The van der Waals surface area contributed by atoms with Crippen LogP contribution in [0.2, 0.25) is 0 Å². The number of fused-ring (bicyclic) bond motifs is 1. The van der Waals surface area contributed by atoms with Crippen molar-refractivity contribution in [3.8, 4) is 0 Å². The third-order valence-corrected chi connectivity index (χ3v) is 6.51. The highest BCUT2D eigenvalue weighted by Gasteiger charge is 2.29. The molecule has 0 aliphatic carbocycles. The van der Waals surface area contributed by atoms with Crippen molar-refractivity contribution in [3.05, 3.63) is 89.1 Å². The third kappa shape index (κ3) is 12.5. The predicted octanol–water partition coefficient (Wildman–Crippen LogP) is 6.02. The van der Waals surface area contributed by atoms with Crippen LogP contribution in [0.15, 0.2) is 60.9 Å². The standard InChI is InChI=1S/C30H35N6O.2BF4/c1-31-29(37)28-30-35(7)26(18-12-22-8-14-24(15-9-22)32(2)3)20-27(36(30)21-34(28)6)19-13-23-10-16-25(17-11-23)33(4)5;2*2-1(3,4)5/h8-21H,1-7H3;;/q+1;2*-1/p+1. The van der Waals surface area contributed by atoms with Gasteiger partial charge in [-0.25, -0.2) is 9.13 Å². The molecule has 0 bridgehead atoms. The Labute approximate surface area is 268 Å². The molecule has 0 fully saturated rings. The van der Waals surface area contributed by atoms with Gasteiger partial charge in [-0.3, -0.25) is 4.79 Å². The smallest absolute Gasteiger partial charge is 0.418 e. The number of nitrogens with one attached hydrogen (secondary N) is 1. The van der Waals surface area contributed by atoms with Crippen molar-refractivity contribution < 1.29 is 48.5 Å². The van der Waals surface area contributed by atoms with E-state index in [9.17, 15) is 39.3 Å². The van der Waals surface area contributed by atoms with Crippen LogP contribution < -0.4 is 24.3 Å². The zero-order valence-electron chi connectivity index (χ0n) is 26.9. The molecule has 2 aromatic carbocycles. The molecule has 0 saturated heterocycles. The maximum atomic E-state index is 12.8. The van der Waals surface area contributed by atoms with Crippen molar-refractivity contribution in [2.45, 2.75) is 0 Å². The molecule has 0 saturated carbocycles. The fraction of sp³-hybridized carbons (Fsp3) is 0.233. The Kier molecular flexibility index (Phi) is 13.2. The van der Waals surface area contributed by atoms with E-state index in [2.05, 4.69) is 103 Å². The fourth-order valence-corrected chi connectivity index (χ4v) is 4.31. The molecular weight excluding hydrogens is 634 g/mol. The van der Waals surface area contributed by atoms with Crippen LogP contribution in [0, 0.1) is 0 Å². The molecule has 1 N–H and O–H groups in total. The van der Waals surface area contributed by atoms with E-state index in [4.69, 9.17) is 0 Å². The average molecular weight is 670 g/mol. The summed E-state index contributed by atoms with van der Waals surface area (Å²) in [5.41, 5.74) is 7.89. The average Bonchev–Trinajstić information content (AvgIpc) is 3.32. The first kappa shape index (κ1) is 38.4. The maximum Gasteiger partial charge on any atom is 0.673 e. The summed E-state index contributed by atoms with van der Waals surface area (Å²) in [6.07, 6.45) is 10.3. The number of rotatable bonds is 7. The highest BCUT2D eigenvalue weighted by molar-refractivity contribution is 6.50. The van der Waals surface area contributed by atoms with Gasteiger partial charge in [0.15, 0.2) is 0 Å². The number of aromatic nitrogens is 3. The number of carbonyl (C=O) groups excluding carboxylic acids is 1. The Morgan fingerprint density at radius 3 is 1.51 bits per heavy atom. The van der Waals surface area contributed by atoms with E-state index in [1.807, 2.05) is 53.2 Å². The van der Waals surface area contributed by atoms with Gasteiger partial charge in [0.25, 0.3) is 17.9 Å².